The van der Waals surface area contributed by atoms with E-state index in [0.29, 0.717) is 12.1 Å². The number of nitrogens with zero attached hydrogens (tertiary/aromatic N) is 3. The number of amides is 1. The van der Waals surface area contributed by atoms with Crippen molar-refractivity contribution >= 4 is 17.6 Å². The molecule has 8 nitrogen and oxygen atoms in total. The van der Waals surface area contributed by atoms with E-state index in [9.17, 15) is 19.7 Å². The van der Waals surface area contributed by atoms with Crippen molar-refractivity contribution in [3.63, 3.8) is 0 Å². The van der Waals surface area contributed by atoms with Crippen LogP contribution in [0.25, 0.3) is 0 Å². The third-order valence-electron chi connectivity index (χ3n) is 4.49. The highest BCUT2D eigenvalue weighted by molar-refractivity contribution is 5.80. The first kappa shape index (κ1) is 22.6. The first-order valence-electron chi connectivity index (χ1n) is 9.22. The van der Waals surface area contributed by atoms with E-state index >= 15 is 0 Å². The van der Waals surface area contributed by atoms with Crippen LogP contribution in [0.3, 0.4) is 0 Å². The molecule has 0 saturated carbocycles. The Morgan fingerprint density at radius 2 is 1.78 bits per heavy atom. The fourth-order valence-corrected chi connectivity index (χ4v) is 2.83. The molecule has 0 heterocycles. The zero-order valence-corrected chi connectivity index (χ0v) is 16.3. The number of esters is 1. The molecule has 150 valence electrons. The van der Waals surface area contributed by atoms with Crippen molar-refractivity contribution in [1.29, 1.82) is 0 Å². The second kappa shape index (κ2) is 12.0. The molecular weight excluding hydrogens is 350 g/mol. The van der Waals surface area contributed by atoms with Crippen LogP contribution >= 0.6 is 0 Å². The molecule has 8 heteroatoms. The van der Waals surface area contributed by atoms with E-state index in [1.165, 1.54) is 13.2 Å². The maximum atomic E-state index is 12.7. The van der Waals surface area contributed by atoms with Gasteiger partial charge in [0.15, 0.2) is 0 Å². The van der Waals surface area contributed by atoms with Gasteiger partial charge < -0.3 is 14.5 Å². The van der Waals surface area contributed by atoms with Crippen LogP contribution in [0.5, 0.6) is 0 Å². The predicted octanol–water partition coefficient (Wildman–Crippen LogP) is 2.26. The monoisotopic (exact) mass is 379 g/mol. The van der Waals surface area contributed by atoms with Gasteiger partial charge in [0.25, 0.3) is 5.69 Å². The van der Waals surface area contributed by atoms with Crippen LogP contribution < -0.4 is 0 Å². The lowest BCUT2D eigenvalue weighted by atomic mass is 10.1. The van der Waals surface area contributed by atoms with Crippen LogP contribution in [-0.2, 0) is 20.7 Å². The Bertz CT molecular complexity index is 632. The quantitative estimate of drug-likeness (QED) is 0.314. The maximum Gasteiger partial charge on any atom is 0.307 e. The van der Waals surface area contributed by atoms with E-state index in [1.54, 1.807) is 23.1 Å². The van der Waals surface area contributed by atoms with Gasteiger partial charge in [-0.2, -0.15) is 0 Å². The molecule has 0 fully saturated rings. The highest BCUT2D eigenvalue weighted by atomic mass is 16.6. The molecule has 0 spiro atoms. The van der Waals surface area contributed by atoms with E-state index in [4.69, 9.17) is 0 Å². The zero-order chi connectivity index (χ0) is 20.2. The number of methoxy groups -OCH3 is 1. The number of para-hydroxylation sites is 1. The molecule has 0 aliphatic carbocycles. The molecule has 0 saturated heterocycles. The highest BCUT2D eigenvalue weighted by Crippen LogP contribution is 2.19. The number of rotatable bonds is 12. The number of carbonyl (C=O) groups is 2. The fourth-order valence-electron chi connectivity index (χ4n) is 2.83. The van der Waals surface area contributed by atoms with Crippen LogP contribution in [0.2, 0.25) is 0 Å². The van der Waals surface area contributed by atoms with Crippen molar-refractivity contribution in [2.45, 2.75) is 33.1 Å². The summed E-state index contributed by atoms with van der Waals surface area (Å²) in [7, 11) is 1.31. The van der Waals surface area contributed by atoms with E-state index in [0.717, 1.165) is 26.1 Å². The molecule has 1 aromatic carbocycles. The van der Waals surface area contributed by atoms with Crippen molar-refractivity contribution in [1.82, 2.24) is 9.80 Å². The van der Waals surface area contributed by atoms with Crippen molar-refractivity contribution in [2.75, 3.05) is 39.8 Å². The molecule has 0 aliphatic rings. The van der Waals surface area contributed by atoms with E-state index in [-0.39, 0.29) is 37.0 Å². The molecule has 0 N–H and O–H groups in total. The van der Waals surface area contributed by atoms with Crippen molar-refractivity contribution in [3.05, 3.63) is 39.9 Å². The zero-order valence-electron chi connectivity index (χ0n) is 16.3. The van der Waals surface area contributed by atoms with Crippen molar-refractivity contribution in [2.24, 2.45) is 0 Å². The van der Waals surface area contributed by atoms with Gasteiger partial charge in [-0.1, -0.05) is 32.0 Å². The van der Waals surface area contributed by atoms with Gasteiger partial charge in [-0.15, -0.1) is 0 Å². The van der Waals surface area contributed by atoms with Crippen LogP contribution in [-0.4, -0.2) is 66.4 Å². The number of carbonyl (C=O) groups excluding carboxylic acids is 2. The van der Waals surface area contributed by atoms with E-state index < -0.39 is 4.92 Å². The molecule has 0 aliphatic heterocycles. The average Bonchev–Trinajstić information content (AvgIpc) is 2.67. The minimum atomic E-state index is -0.484. The van der Waals surface area contributed by atoms with Crippen LogP contribution in [0, 0.1) is 10.1 Å². The second-order valence-electron chi connectivity index (χ2n) is 6.15. The first-order valence-corrected chi connectivity index (χ1v) is 9.22. The summed E-state index contributed by atoms with van der Waals surface area (Å²) in [5.41, 5.74) is 0.307. The Balaban J connectivity index is 2.79. The van der Waals surface area contributed by atoms with Gasteiger partial charge in [0.2, 0.25) is 5.91 Å². The summed E-state index contributed by atoms with van der Waals surface area (Å²) in [6.45, 7) is 7.61. The predicted molar refractivity (Wildman–Crippen MR) is 102 cm³/mol. The molecule has 0 radical (unpaired) electrons. The highest BCUT2D eigenvalue weighted by Gasteiger charge is 2.20. The van der Waals surface area contributed by atoms with Gasteiger partial charge in [0, 0.05) is 24.7 Å². The lowest BCUT2D eigenvalue weighted by molar-refractivity contribution is -0.385. The van der Waals surface area contributed by atoms with Gasteiger partial charge in [0.1, 0.15) is 0 Å². The Morgan fingerprint density at radius 3 is 2.37 bits per heavy atom. The van der Waals surface area contributed by atoms with Gasteiger partial charge in [-0.05, 0) is 26.1 Å². The van der Waals surface area contributed by atoms with Crippen molar-refractivity contribution in [3.8, 4) is 0 Å². The molecule has 0 bridgehead atoms. The molecule has 27 heavy (non-hydrogen) atoms. The summed E-state index contributed by atoms with van der Waals surface area (Å²) >= 11 is 0. The van der Waals surface area contributed by atoms with Crippen LogP contribution in [0.4, 0.5) is 5.69 Å². The Morgan fingerprint density at radius 1 is 1.11 bits per heavy atom. The maximum absolute atomic E-state index is 12.7. The summed E-state index contributed by atoms with van der Waals surface area (Å²) in [5.74, 6) is -0.616. The summed E-state index contributed by atoms with van der Waals surface area (Å²) in [6.07, 6.45) is 0.805. The Labute approximate surface area is 160 Å². The summed E-state index contributed by atoms with van der Waals surface area (Å²) in [5, 5.41) is 11.2. The molecule has 1 rings (SSSR count). The Kier molecular flexibility index (Phi) is 10.0. The molecule has 0 aromatic heterocycles. The van der Waals surface area contributed by atoms with Gasteiger partial charge in [0.05, 0.1) is 24.9 Å². The van der Waals surface area contributed by atoms with Crippen LogP contribution in [0.1, 0.15) is 32.3 Å². The number of nitro benzene ring substituents is 1. The summed E-state index contributed by atoms with van der Waals surface area (Å²) in [4.78, 5) is 38.7. The minimum Gasteiger partial charge on any atom is -0.469 e. The average molecular weight is 379 g/mol. The lowest BCUT2D eigenvalue weighted by Gasteiger charge is -2.24. The summed E-state index contributed by atoms with van der Waals surface area (Å²) in [6, 6.07) is 6.23. The van der Waals surface area contributed by atoms with Gasteiger partial charge in [-0.25, -0.2) is 0 Å². The normalized spacial score (nSPS) is 10.7. The minimum absolute atomic E-state index is 0.0659. The fraction of sp³-hybridized carbons (Fsp3) is 0.579. The number of benzene rings is 1. The lowest BCUT2D eigenvalue weighted by Crippen LogP contribution is -2.37. The topological polar surface area (TPSA) is 93.0 Å². The smallest absolute Gasteiger partial charge is 0.307 e. The molecule has 0 atom stereocenters. The largest absolute Gasteiger partial charge is 0.469 e. The number of hydrogen-bond donors (Lipinski definition) is 0. The number of ether oxygens (including phenoxy) is 1. The second-order valence-corrected chi connectivity index (χ2v) is 6.15. The molecular formula is C19H29N3O5. The van der Waals surface area contributed by atoms with E-state index in [1.807, 2.05) is 0 Å². The third-order valence-corrected chi connectivity index (χ3v) is 4.49. The van der Waals surface area contributed by atoms with Crippen LogP contribution in [0.15, 0.2) is 24.3 Å². The SMILES string of the molecule is CCN(CC)CCCN(CCC(=O)OC)C(=O)Cc1ccccc1[N+](=O)[O-]. The number of nitro groups is 1. The Hall–Kier alpha value is -2.48. The van der Waals surface area contributed by atoms with Gasteiger partial charge in [-0.3, -0.25) is 19.7 Å². The molecule has 1 amide bonds. The van der Waals surface area contributed by atoms with Gasteiger partial charge >= 0.3 is 5.97 Å². The standard InChI is InChI=1S/C19H29N3O5/c1-4-20(5-2)12-8-13-21(14-11-19(24)27-3)18(23)15-16-9-6-7-10-17(16)22(25)26/h6-7,9-10H,4-5,8,11-15H2,1-3H3. The molecule has 1 aromatic rings. The number of hydrogen-bond acceptors (Lipinski definition) is 6. The molecule has 0 unspecified atom stereocenters. The third kappa shape index (κ3) is 7.74. The van der Waals surface area contributed by atoms with Crippen molar-refractivity contribution < 1.29 is 19.2 Å². The summed E-state index contributed by atoms with van der Waals surface area (Å²) < 4.78 is 4.65. The first-order chi connectivity index (χ1) is 12.9. The van der Waals surface area contributed by atoms with E-state index in [2.05, 4.69) is 23.5 Å².